The Morgan fingerprint density at radius 3 is 2.61 bits per heavy atom. The zero-order valence-corrected chi connectivity index (χ0v) is 17.1. The number of halogens is 4. The first-order valence-electron chi connectivity index (χ1n) is 10.1. The van der Waals surface area contributed by atoms with Gasteiger partial charge in [-0.3, -0.25) is 9.78 Å². The maximum Gasteiger partial charge on any atom is 0.416 e. The van der Waals surface area contributed by atoms with Crippen molar-refractivity contribution in [2.24, 2.45) is 5.92 Å². The summed E-state index contributed by atoms with van der Waals surface area (Å²) in [5.74, 6) is -0.831. The van der Waals surface area contributed by atoms with Crippen LogP contribution in [-0.4, -0.2) is 30.6 Å². The molecule has 1 fully saturated rings. The van der Waals surface area contributed by atoms with Gasteiger partial charge >= 0.3 is 6.18 Å². The molecule has 1 amide bonds. The summed E-state index contributed by atoms with van der Waals surface area (Å²) in [6.45, 7) is 0.939. The molecule has 1 heterocycles. The first-order chi connectivity index (χ1) is 14.8. The third-order valence-electron chi connectivity index (χ3n) is 5.51. The van der Waals surface area contributed by atoms with Crippen LogP contribution in [0.25, 0.3) is 0 Å². The minimum absolute atomic E-state index is 0.224. The number of rotatable bonds is 7. The van der Waals surface area contributed by atoms with E-state index >= 15 is 0 Å². The Bertz CT molecular complexity index is 897. The number of ether oxygens (including phenoxy) is 1. The quantitative estimate of drug-likeness (QED) is 0.631. The van der Waals surface area contributed by atoms with Crippen LogP contribution in [0.5, 0.6) is 5.75 Å². The molecule has 3 rings (SSSR count). The summed E-state index contributed by atoms with van der Waals surface area (Å²) in [6.07, 6.45) is 0.571. The van der Waals surface area contributed by atoms with E-state index in [1.807, 2.05) is 12.1 Å². The number of carbonyl (C=O) groups is 1. The van der Waals surface area contributed by atoms with Gasteiger partial charge in [0.05, 0.1) is 18.4 Å². The first kappa shape index (κ1) is 23.0. The van der Waals surface area contributed by atoms with E-state index in [4.69, 9.17) is 4.74 Å². The normalized spacial score (nSPS) is 19.1. The van der Waals surface area contributed by atoms with Gasteiger partial charge in [0, 0.05) is 30.9 Å². The van der Waals surface area contributed by atoms with Crippen molar-refractivity contribution in [2.75, 3.05) is 13.7 Å². The Morgan fingerprint density at radius 2 is 1.94 bits per heavy atom. The summed E-state index contributed by atoms with van der Waals surface area (Å²) in [5, 5.41) is 6.11. The number of amides is 1. The van der Waals surface area contributed by atoms with Crippen LogP contribution in [0.2, 0.25) is 0 Å². The lowest BCUT2D eigenvalue weighted by Crippen LogP contribution is -2.37. The van der Waals surface area contributed by atoms with E-state index in [9.17, 15) is 22.4 Å². The maximum atomic E-state index is 13.5. The molecule has 0 bridgehead atoms. The number of carbonyl (C=O) groups excluding carboxylic acids is 1. The van der Waals surface area contributed by atoms with Crippen LogP contribution in [0, 0.1) is 11.7 Å². The van der Waals surface area contributed by atoms with Crippen molar-refractivity contribution in [1.82, 2.24) is 15.6 Å². The summed E-state index contributed by atoms with van der Waals surface area (Å²) in [5.41, 5.74) is -0.659. The molecule has 31 heavy (non-hydrogen) atoms. The van der Waals surface area contributed by atoms with Crippen molar-refractivity contribution < 1.29 is 27.1 Å². The van der Waals surface area contributed by atoms with Gasteiger partial charge in [0.25, 0.3) is 5.91 Å². The SMILES string of the molecule is COc1cccnc1CNC1CCC(CNC(=O)c2cc(F)cc(C(F)(F)F)c2)CC1. The van der Waals surface area contributed by atoms with Crippen LogP contribution in [0.15, 0.2) is 36.5 Å². The summed E-state index contributed by atoms with van der Waals surface area (Å²) < 4.78 is 57.3. The minimum Gasteiger partial charge on any atom is -0.495 e. The largest absolute Gasteiger partial charge is 0.495 e. The van der Waals surface area contributed by atoms with Crippen molar-refractivity contribution in [3.8, 4) is 5.75 Å². The topological polar surface area (TPSA) is 63.2 Å². The number of pyridine rings is 1. The molecule has 0 atom stereocenters. The molecule has 0 saturated heterocycles. The number of hydrogen-bond donors (Lipinski definition) is 2. The highest BCUT2D eigenvalue weighted by Crippen LogP contribution is 2.30. The average molecular weight is 439 g/mol. The summed E-state index contributed by atoms with van der Waals surface area (Å²) in [4.78, 5) is 16.5. The average Bonchev–Trinajstić information content (AvgIpc) is 2.76. The van der Waals surface area contributed by atoms with Gasteiger partial charge in [-0.05, 0) is 61.9 Å². The van der Waals surface area contributed by atoms with Gasteiger partial charge in [0.1, 0.15) is 11.6 Å². The number of alkyl halides is 3. The number of nitrogens with zero attached hydrogens (tertiary/aromatic N) is 1. The number of benzene rings is 1. The Balaban J connectivity index is 1.45. The molecule has 1 saturated carbocycles. The van der Waals surface area contributed by atoms with Gasteiger partial charge in [-0.1, -0.05) is 0 Å². The molecule has 1 aliphatic rings. The van der Waals surface area contributed by atoms with Gasteiger partial charge < -0.3 is 15.4 Å². The van der Waals surface area contributed by atoms with E-state index in [0.29, 0.717) is 31.3 Å². The van der Waals surface area contributed by atoms with E-state index in [0.717, 1.165) is 43.2 Å². The molecule has 1 aliphatic carbocycles. The molecule has 2 aromatic rings. The van der Waals surface area contributed by atoms with Crippen molar-refractivity contribution in [1.29, 1.82) is 0 Å². The lowest BCUT2D eigenvalue weighted by Gasteiger charge is -2.29. The van der Waals surface area contributed by atoms with Crippen molar-refractivity contribution in [2.45, 2.75) is 44.4 Å². The fraction of sp³-hybridized carbons (Fsp3) is 0.455. The first-order valence-corrected chi connectivity index (χ1v) is 10.1. The third-order valence-corrected chi connectivity index (χ3v) is 5.51. The van der Waals surface area contributed by atoms with Gasteiger partial charge in [-0.15, -0.1) is 0 Å². The standard InChI is InChI=1S/C22H25F4N3O2/c1-31-20-3-2-8-27-19(20)13-28-18-6-4-14(5-7-18)12-29-21(30)15-9-16(22(24,25)26)11-17(23)10-15/h2-3,8-11,14,18,28H,4-7,12-13H2,1H3,(H,29,30). The fourth-order valence-corrected chi connectivity index (χ4v) is 3.78. The summed E-state index contributed by atoms with van der Waals surface area (Å²) in [6, 6.07) is 5.86. The second-order valence-electron chi connectivity index (χ2n) is 7.69. The van der Waals surface area contributed by atoms with E-state index in [2.05, 4.69) is 15.6 Å². The summed E-state index contributed by atoms with van der Waals surface area (Å²) >= 11 is 0. The van der Waals surface area contributed by atoms with Crippen LogP contribution in [0.1, 0.15) is 47.3 Å². The number of nitrogens with one attached hydrogen (secondary N) is 2. The smallest absolute Gasteiger partial charge is 0.416 e. The molecular formula is C22H25F4N3O2. The van der Waals surface area contributed by atoms with Crippen LogP contribution < -0.4 is 15.4 Å². The molecule has 0 aliphatic heterocycles. The Kier molecular flexibility index (Phi) is 7.48. The van der Waals surface area contributed by atoms with E-state index in [-0.39, 0.29) is 11.5 Å². The van der Waals surface area contributed by atoms with Crippen molar-refractivity contribution in [3.63, 3.8) is 0 Å². The van der Waals surface area contributed by atoms with Crippen molar-refractivity contribution in [3.05, 3.63) is 59.2 Å². The zero-order chi connectivity index (χ0) is 22.4. The fourth-order valence-electron chi connectivity index (χ4n) is 3.78. The Morgan fingerprint density at radius 1 is 1.19 bits per heavy atom. The second kappa shape index (κ2) is 10.1. The van der Waals surface area contributed by atoms with Crippen molar-refractivity contribution >= 4 is 5.91 Å². The Labute approximate surface area is 178 Å². The summed E-state index contributed by atoms with van der Waals surface area (Å²) in [7, 11) is 1.60. The highest BCUT2D eigenvalue weighted by atomic mass is 19.4. The lowest BCUT2D eigenvalue weighted by molar-refractivity contribution is -0.137. The van der Waals surface area contributed by atoms with Crippen LogP contribution >= 0.6 is 0 Å². The molecule has 0 radical (unpaired) electrons. The Hall–Kier alpha value is -2.68. The second-order valence-corrected chi connectivity index (χ2v) is 7.69. The van der Waals surface area contributed by atoms with E-state index in [1.165, 1.54) is 0 Å². The predicted molar refractivity (Wildman–Crippen MR) is 107 cm³/mol. The predicted octanol–water partition coefficient (Wildman–Crippen LogP) is 4.33. The highest BCUT2D eigenvalue weighted by Gasteiger charge is 2.32. The lowest BCUT2D eigenvalue weighted by atomic mass is 9.86. The van der Waals surface area contributed by atoms with Gasteiger partial charge in [-0.25, -0.2) is 4.39 Å². The monoisotopic (exact) mass is 439 g/mol. The molecule has 5 nitrogen and oxygen atoms in total. The van der Waals surface area contributed by atoms with Crippen LogP contribution in [0.4, 0.5) is 17.6 Å². The maximum absolute atomic E-state index is 13.5. The molecule has 0 unspecified atom stereocenters. The molecule has 2 N–H and O–H groups in total. The molecule has 9 heteroatoms. The molecular weight excluding hydrogens is 414 g/mol. The highest BCUT2D eigenvalue weighted by molar-refractivity contribution is 5.94. The van der Waals surface area contributed by atoms with Gasteiger partial charge in [0.15, 0.2) is 0 Å². The van der Waals surface area contributed by atoms with E-state index in [1.54, 1.807) is 13.3 Å². The zero-order valence-electron chi connectivity index (χ0n) is 17.1. The third kappa shape index (κ3) is 6.40. The van der Waals surface area contributed by atoms with Crippen LogP contribution in [-0.2, 0) is 12.7 Å². The number of hydrogen-bond acceptors (Lipinski definition) is 4. The molecule has 1 aromatic heterocycles. The minimum atomic E-state index is -4.71. The molecule has 0 spiro atoms. The number of aromatic nitrogens is 1. The molecule has 168 valence electrons. The van der Waals surface area contributed by atoms with Gasteiger partial charge in [0.2, 0.25) is 0 Å². The molecule has 1 aromatic carbocycles. The van der Waals surface area contributed by atoms with E-state index < -0.39 is 23.5 Å². The van der Waals surface area contributed by atoms with Crippen LogP contribution in [0.3, 0.4) is 0 Å². The number of methoxy groups -OCH3 is 1. The van der Waals surface area contributed by atoms with Gasteiger partial charge in [-0.2, -0.15) is 13.2 Å².